The maximum Gasteiger partial charge on any atom is 0.0543 e. The van der Waals surface area contributed by atoms with Gasteiger partial charge in [-0.05, 0) is 58.8 Å². The van der Waals surface area contributed by atoms with E-state index in [2.05, 4.69) is 24.3 Å². The van der Waals surface area contributed by atoms with Gasteiger partial charge >= 0.3 is 0 Å². The third kappa shape index (κ3) is 13.3. The number of rotatable bonds is 10. The predicted molar refractivity (Wildman–Crippen MR) is 74.0 cm³/mol. The second-order valence-corrected chi connectivity index (χ2v) is 4.63. The molecule has 0 amide bonds. The van der Waals surface area contributed by atoms with Crippen molar-refractivity contribution in [2.75, 3.05) is 0 Å². The normalized spacial score (nSPS) is 15.8. The summed E-state index contributed by atoms with van der Waals surface area (Å²) in [7, 11) is 0. The Morgan fingerprint density at radius 3 is 2.18 bits per heavy atom. The molecule has 2 heteroatoms. The number of aliphatic hydroxyl groups is 2. The fourth-order valence-corrected chi connectivity index (χ4v) is 1.68. The average molecular weight is 240 g/mol. The second-order valence-electron chi connectivity index (χ2n) is 4.63. The Morgan fingerprint density at radius 1 is 0.882 bits per heavy atom. The van der Waals surface area contributed by atoms with Crippen molar-refractivity contribution in [3.63, 3.8) is 0 Å². The lowest BCUT2D eigenvalue weighted by atomic mass is 10.1. The molecular formula is C15H28O2. The van der Waals surface area contributed by atoms with Crippen LogP contribution in [0.2, 0.25) is 0 Å². The topological polar surface area (TPSA) is 40.5 Å². The van der Waals surface area contributed by atoms with Crippen molar-refractivity contribution in [1.82, 2.24) is 0 Å². The smallest absolute Gasteiger partial charge is 0.0543 e. The van der Waals surface area contributed by atoms with Gasteiger partial charge in [-0.1, -0.05) is 24.3 Å². The predicted octanol–water partition coefficient (Wildman–Crippen LogP) is 3.59. The number of unbranched alkanes of at least 4 members (excludes halogenated alkanes) is 1. The minimum Gasteiger partial charge on any atom is -0.393 e. The molecule has 2 atom stereocenters. The molecule has 0 saturated heterocycles. The zero-order valence-corrected chi connectivity index (χ0v) is 11.3. The van der Waals surface area contributed by atoms with Gasteiger partial charge in [-0.15, -0.1) is 0 Å². The molecule has 100 valence electrons. The first kappa shape index (κ1) is 16.4. The fourth-order valence-electron chi connectivity index (χ4n) is 1.68. The molecule has 0 bridgehead atoms. The van der Waals surface area contributed by atoms with Crippen LogP contribution in [0.15, 0.2) is 24.3 Å². The second kappa shape index (κ2) is 11.9. The van der Waals surface area contributed by atoms with Crippen molar-refractivity contribution in [3.8, 4) is 0 Å². The average Bonchev–Trinajstić information content (AvgIpc) is 2.27. The van der Waals surface area contributed by atoms with Gasteiger partial charge in [0.25, 0.3) is 0 Å². The molecule has 0 heterocycles. The monoisotopic (exact) mass is 240 g/mol. The third-order valence-corrected chi connectivity index (χ3v) is 2.73. The molecule has 0 fully saturated rings. The molecule has 0 spiro atoms. The van der Waals surface area contributed by atoms with Gasteiger partial charge in [0.2, 0.25) is 0 Å². The highest BCUT2D eigenvalue weighted by molar-refractivity contribution is 4.86. The highest BCUT2D eigenvalue weighted by atomic mass is 16.3. The standard InChI is InChI=1S/C15H28O2/c1-3-4-5-6-7-8-9-12-15(17)13-10-11-14(2)16/h3-4,7-8,14-17H,5-6,9-13H2,1-2H3. The van der Waals surface area contributed by atoms with E-state index < -0.39 is 0 Å². The van der Waals surface area contributed by atoms with Crippen LogP contribution < -0.4 is 0 Å². The molecule has 0 aromatic carbocycles. The molecule has 17 heavy (non-hydrogen) atoms. The van der Waals surface area contributed by atoms with Crippen LogP contribution in [0, 0.1) is 0 Å². The van der Waals surface area contributed by atoms with E-state index in [4.69, 9.17) is 5.11 Å². The molecule has 0 aliphatic heterocycles. The zero-order chi connectivity index (χ0) is 12.9. The number of allylic oxidation sites excluding steroid dienone is 4. The van der Waals surface area contributed by atoms with Gasteiger partial charge in [-0.25, -0.2) is 0 Å². The lowest BCUT2D eigenvalue weighted by Crippen LogP contribution is -2.07. The number of hydrogen-bond acceptors (Lipinski definition) is 2. The minimum absolute atomic E-state index is 0.214. The Bertz CT molecular complexity index is 207. The van der Waals surface area contributed by atoms with Crippen LogP contribution in [0.25, 0.3) is 0 Å². The molecule has 0 aliphatic carbocycles. The highest BCUT2D eigenvalue weighted by Crippen LogP contribution is 2.09. The van der Waals surface area contributed by atoms with Crippen LogP contribution >= 0.6 is 0 Å². The Kier molecular flexibility index (Phi) is 11.5. The largest absolute Gasteiger partial charge is 0.393 e. The Balaban J connectivity index is 3.34. The SMILES string of the molecule is CC=CCCC=CCCC(O)CCCC(C)O. The van der Waals surface area contributed by atoms with Gasteiger partial charge in [0, 0.05) is 0 Å². The van der Waals surface area contributed by atoms with Crippen molar-refractivity contribution >= 4 is 0 Å². The summed E-state index contributed by atoms with van der Waals surface area (Å²) in [5, 5.41) is 18.8. The molecule has 2 nitrogen and oxygen atoms in total. The van der Waals surface area contributed by atoms with Crippen LogP contribution in [0.5, 0.6) is 0 Å². The summed E-state index contributed by atoms with van der Waals surface area (Å²) in [6, 6.07) is 0. The van der Waals surface area contributed by atoms with E-state index in [1.165, 1.54) is 0 Å². The molecule has 0 saturated carbocycles. The van der Waals surface area contributed by atoms with Gasteiger partial charge in [-0.3, -0.25) is 0 Å². The first-order valence-electron chi connectivity index (χ1n) is 6.79. The van der Waals surface area contributed by atoms with Gasteiger partial charge in [-0.2, -0.15) is 0 Å². The summed E-state index contributed by atoms with van der Waals surface area (Å²) < 4.78 is 0. The summed E-state index contributed by atoms with van der Waals surface area (Å²) in [6.45, 7) is 3.83. The number of aliphatic hydroxyl groups excluding tert-OH is 2. The van der Waals surface area contributed by atoms with E-state index in [9.17, 15) is 5.11 Å². The summed E-state index contributed by atoms with van der Waals surface area (Å²) in [6.07, 6.45) is 14.6. The lowest BCUT2D eigenvalue weighted by molar-refractivity contribution is 0.136. The van der Waals surface area contributed by atoms with Gasteiger partial charge in [0.1, 0.15) is 0 Å². The van der Waals surface area contributed by atoms with Gasteiger partial charge in [0.15, 0.2) is 0 Å². The lowest BCUT2D eigenvalue weighted by Gasteiger charge is -2.09. The Labute approximate surface area is 106 Å². The van der Waals surface area contributed by atoms with Crippen LogP contribution in [0.4, 0.5) is 0 Å². The van der Waals surface area contributed by atoms with Crippen molar-refractivity contribution < 1.29 is 10.2 Å². The molecule has 0 aromatic heterocycles. The quantitative estimate of drug-likeness (QED) is 0.452. The van der Waals surface area contributed by atoms with Gasteiger partial charge in [0.05, 0.1) is 12.2 Å². The van der Waals surface area contributed by atoms with E-state index in [1.807, 2.05) is 6.92 Å². The Morgan fingerprint density at radius 2 is 1.53 bits per heavy atom. The molecule has 2 unspecified atom stereocenters. The molecule has 0 aliphatic rings. The third-order valence-electron chi connectivity index (χ3n) is 2.73. The van der Waals surface area contributed by atoms with E-state index in [-0.39, 0.29) is 12.2 Å². The number of hydrogen-bond donors (Lipinski definition) is 2. The molecule has 0 rings (SSSR count). The van der Waals surface area contributed by atoms with Crippen molar-refractivity contribution in [2.24, 2.45) is 0 Å². The van der Waals surface area contributed by atoms with Crippen LogP contribution in [0.3, 0.4) is 0 Å². The van der Waals surface area contributed by atoms with E-state index in [1.54, 1.807) is 6.92 Å². The first-order chi connectivity index (χ1) is 8.16. The minimum atomic E-state index is -0.242. The summed E-state index contributed by atoms with van der Waals surface area (Å²) in [5.74, 6) is 0. The van der Waals surface area contributed by atoms with Crippen molar-refractivity contribution in [2.45, 2.75) is 71.0 Å². The maximum absolute atomic E-state index is 9.68. The van der Waals surface area contributed by atoms with Gasteiger partial charge < -0.3 is 10.2 Å². The van der Waals surface area contributed by atoms with E-state index >= 15 is 0 Å². The first-order valence-corrected chi connectivity index (χ1v) is 6.79. The molecular weight excluding hydrogens is 212 g/mol. The van der Waals surface area contributed by atoms with Crippen LogP contribution in [-0.2, 0) is 0 Å². The van der Waals surface area contributed by atoms with Crippen LogP contribution in [0.1, 0.15) is 58.8 Å². The van der Waals surface area contributed by atoms with E-state index in [0.29, 0.717) is 0 Å². The Hall–Kier alpha value is -0.600. The summed E-state index contributed by atoms with van der Waals surface area (Å²) in [4.78, 5) is 0. The molecule has 0 radical (unpaired) electrons. The summed E-state index contributed by atoms with van der Waals surface area (Å²) in [5.41, 5.74) is 0. The molecule has 2 N–H and O–H groups in total. The fraction of sp³-hybridized carbons (Fsp3) is 0.733. The van der Waals surface area contributed by atoms with E-state index in [0.717, 1.165) is 44.9 Å². The van der Waals surface area contributed by atoms with Crippen molar-refractivity contribution in [3.05, 3.63) is 24.3 Å². The van der Waals surface area contributed by atoms with Crippen LogP contribution in [-0.4, -0.2) is 22.4 Å². The maximum atomic E-state index is 9.68. The molecule has 0 aromatic rings. The van der Waals surface area contributed by atoms with Crippen molar-refractivity contribution in [1.29, 1.82) is 0 Å². The zero-order valence-electron chi connectivity index (χ0n) is 11.3. The highest BCUT2D eigenvalue weighted by Gasteiger charge is 2.03. The summed E-state index contributed by atoms with van der Waals surface area (Å²) >= 11 is 0.